The lowest BCUT2D eigenvalue weighted by atomic mass is 9.86. The van der Waals surface area contributed by atoms with Crippen molar-refractivity contribution in [2.24, 2.45) is 5.92 Å². The standard InChI is InChI=1S/C18H32N2O5S/c1-3-17(14-8-10-19(11-9-14)15-6-4-5-7-15)20-12-16(25-18(20)21)13-24-26(2,22)23/h14-17H,3-13H2,1-2H3. The van der Waals surface area contributed by atoms with E-state index in [0.29, 0.717) is 12.5 Å². The molecule has 0 aromatic carbocycles. The predicted octanol–water partition coefficient (Wildman–Crippen LogP) is 2.22. The topological polar surface area (TPSA) is 76.2 Å². The van der Waals surface area contributed by atoms with Crippen molar-refractivity contribution >= 4 is 16.2 Å². The second-order valence-electron chi connectivity index (χ2n) is 7.93. The van der Waals surface area contributed by atoms with Crippen molar-refractivity contribution < 1.29 is 22.1 Å². The van der Waals surface area contributed by atoms with Gasteiger partial charge >= 0.3 is 6.09 Å². The Balaban J connectivity index is 1.52. The highest BCUT2D eigenvalue weighted by Crippen LogP contribution is 2.32. The molecule has 3 rings (SSSR count). The molecule has 26 heavy (non-hydrogen) atoms. The summed E-state index contributed by atoms with van der Waals surface area (Å²) in [6.45, 7) is 4.67. The molecule has 2 saturated heterocycles. The van der Waals surface area contributed by atoms with Crippen LogP contribution in [0.2, 0.25) is 0 Å². The van der Waals surface area contributed by atoms with Gasteiger partial charge in [-0.1, -0.05) is 19.8 Å². The Labute approximate surface area is 157 Å². The Bertz CT molecular complexity index is 582. The predicted molar refractivity (Wildman–Crippen MR) is 98.4 cm³/mol. The smallest absolute Gasteiger partial charge is 0.410 e. The van der Waals surface area contributed by atoms with Gasteiger partial charge in [0.1, 0.15) is 12.7 Å². The van der Waals surface area contributed by atoms with Crippen LogP contribution in [0, 0.1) is 5.92 Å². The molecule has 0 N–H and O–H groups in total. The number of nitrogens with zero attached hydrogens (tertiary/aromatic N) is 2. The van der Waals surface area contributed by atoms with Gasteiger partial charge < -0.3 is 14.5 Å². The summed E-state index contributed by atoms with van der Waals surface area (Å²) in [5, 5.41) is 0. The van der Waals surface area contributed by atoms with Crippen molar-refractivity contribution in [3.63, 3.8) is 0 Å². The van der Waals surface area contributed by atoms with Crippen LogP contribution in [0.3, 0.4) is 0 Å². The largest absolute Gasteiger partial charge is 0.442 e. The number of piperidine rings is 1. The van der Waals surface area contributed by atoms with Gasteiger partial charge in [-0.25, -0.2) is 4.79 Å². The van der Waals surface area contributed by atoms with Gasteiger partial charge in [-0.05, 0) is 51.1 Å². The van der Waals surface area contributed by atoms with E-state index in [1.807, 2.05) is 0 Å². The summed E-state index contributed by atoms with van der Waals surface area (Å²) >= 11 is 0. The van der Waals surface area contributed by atoms with Gasteiger partial charge in [-0.3, -0.25) is 4.18 Å². The first-order chi connectivity index (χ1) is 12.4. The fourth-order valence-corrected chi connectivity index (χ4v) is 5.24. The van der Waals surface area contributed by atoms with E-state index in [9.17, 15) is 13.2 Å². The Morgan fingerprint density at radius 1 is 1.19 bits per heavy atom. The molecular weight excluding hydrogens is 356 g/mol. The van der Waals surface area contributed by atoms with Crippen LogP contribution in [0.1, 0.15) is 51.9 Å². The molecule has 2 unspecified atom stereocenters. The first-order valence-electron chi connectivity index (χ1n) is 9.93. The number of hydrogen-bond donors (Lipinski definition) is 0. The van der Waals surface area contributed by atoms with Gasteiger partial charge in [-0.2, -0.15) is 8.42 Å². The third kappa shape index (κ3) is 4.89. The van der Waals surface area contributed by atoms with Crippen LogP contribution in [0.5, 0.6) is 0 Å². The zero-order valence-electron chi connectivity index (χ0n) is 15.9. The molecule has 2 atom stereocenters. The molecule has 0 aromatic rings. The van der Waals surface area contributed by atoms with Gasteiger partial charge in [0.25, 0.3) is 10.1 Å². The minimum atomic E-state index is -3.52. The quantitative estimate of drug-likeness (QED) is 0.623. The average Bonchev–Trinajstić information content (AvgIpc) is 3.24. The molecule has 0 spiro atoms. The molecule has 2 aliphatic heterocycles. The number of ether oxygens (including phenoxy) is 1. The number of carbonyl (C=O) groups is 1. The lowest BCUT2D eigenvalue weighted by molar-refractivity contribution is 0.0806. The second-order valence-corrected chi connectivity index (χ2v) is 9.58. The highest BCUT2D eigenvalue weighted by Gasteiger charge is 2.40. The zero-order valence-corrected chi connectivity index (χ0v) is 16.7. The Kier molecular flexibility index (Phi) is 6.45. The molecule has 3 fully saturated rings. The molecule has 2 heterocycles. The molecule has 0 bridgehead atoms. The van der Waals surface area contributed by atoms with Crippen LogP contribution in [-0.2, 0) is 19.0 Å². The van der Waals surface area contributed by atoms with Crippen molar-refractivity contribution in [2.75, 3.05) is 32.5 Å². The van der Waals surface area contributed by atoms with Crippen LogP contribution >= 0.6 is 0 Å². The highest BCUT2D eigenvalue weighted by atomic mass is 32.2. The lowest BCUT2D eigenvalue weighted by Crippen LogP contribution is -2.47. The molecular formula is C18H32N2O5S. The monoisotopic (exact) mass is 388 g/mol. The number of carbonyl (C=O) groups excluding carboxylic acids is 1. The molecule has 0 aromatic heterocycles. The number of hydrogen-bond acceptors (Lipinski definition) is 6. The summed E-state index contributed by atoms with van der Waals surface area (Å²) in [7, 11) is -3.52. The Morgan fingerprint density at radius 2 is 1.85 bits per heavy atom. The van der Waals surface area contributed by atoms with Gasteiger partial charge in [0.2, 0.25) is 0 Å². The van der Waals surface area contributed by atoms with Crippen molar-refractivity contribution in [1.82, 2.24) is 9.80 Å². The number of cyclic esters (lactones) is 1. The normalized spacial score (nSPS) is 27.8. The number of rotatable bonds is 7. The van der Waals surface area contributed by atoms with Gasteiger partial charge in [0.05, 0.1) is 12.8 Å². The number of likely N-dealkylation sites (tertiary alicyclic amines) is 1. The van der Waals surface area contributed by atoms with Crippen molar-refractivity contribution in [3.05, 3.63) is 0 Å². The summed E-state index contributed by atoms with van der Waals surface area (Å²) in [6, 6.07) is 0.932. The van der Waals surface area contributed by atoms with E-state index in [1.54, 1.807) is 4.90 Å². The summed E-state index contributed by atoms with van der Waals surface area (Å²) in [4.78, 5) is 16.8. The SMILES string of the molecule is CCC(C1CCN(C2CCCC2)CC1)N1CC(COS(C)(=O)=O)OC1=O. The van der Waals surface area contributed by atoms with E-state index >= 15 is 0 Å². The Morgan fingerprint density at radius 3 is 2.42 bits per heavy atom. The van der Waals surface area contributed by atoms with E-state index in [4.69, 9.17) is 8.92 Å². The first kappa shape index (κ1) is 19.9. The molecule has 1 amide bonds. The Hall–Kier alpha value is -0.860. The van der Waals surface area contributed by atoms with Gasteiger partial charge in [0, 0.05) is 12.1 Å². The minimum absolute atomic E-state index is 0.0996. The van der Waals surface area contributed by atoms with Crippen molar-refractivity contribution in [1.29, 1.82) is 0 Å². The van der Waals surface area contributed by atoms with Crippen molar-refractivity contribution in [3.8, 4) is 0 Å². The number of amides is 1. The maximum absolute atomic E-state index is 12.3. The summed E-state index contributed by atoms with van der Waals surface area (Å²) in [5.41, 5.74) is 0. The summed E-state index contributed by atoms with van der Waals surface area (Å²) < 4.78 is 32.4. The van der Waals surface area contributed by atoms with Crippen LogP contribution < -0.4 is 0 Å². The molecule has 150 valence electrons. The second kappa shape index (κ2) is 8.44. The molecule has 3 aliphatic rings. The van der Waals surface area contributed by atoms with E-state index in [2.05, 4.69) is 11.8 Å². The fourth-order valence-electron chi connectivity index (χ4n) is 4.85. The van der Waals surface area contributed by atoms with Crippen LogP contribution in [0.4, 0.5) is 4.79 Å². The third-order valence-corrected chi connectivity index (χ3v) is 6.71. The molecule has 0 radical (unpaired) electrons. The molecule has 1 aliphatic carbocycles. The third-order valence-electron chi connectivity index (χ3n) is 6.15. The van der Waals surface area contributed by atoms with Crippen LogP contribution in [-0.4, -0.2) is 75.0 Å². The summed E-state index contributed by atoms with van der Waals surface area (Å²) in [6.07, 6.45) is 8.67. The molecule has 8 heteroatoms. The zero-order chi connectivity index (χ0) is 18.7. The van der Waals surface area contributed by atoms with Crippen LogP contribution in [0.25, 0.3) is 0 Å². The lowest BCUT2D eigenvalue weighted by Gasteiger charge is -2.40. The molecule has 1 saturated carbocycles. The van der Waals surface area contributed by atoms with E-state index in [1.165, 1.54) is 25.7 Å². The maximum atomic E-state index is 12.3. The van der Waals surface area contributed by atoms with E-state index in [0.717, 1.165) is 44.6 Å². The fraction of sp³-hybridized carbons (Fsp3) is 0.944. The van der Waals surface area contributed by atoms with Gasteiger partial charge in [0.15, 0.2) is 0 Å². The minimum Gasteiger partial charge on any atom is -0.442 e. The molecule has 7 nitrogen and oxygen atoms in total. The maximum Gasteiger partial charge on any atom is 0.410 e. The van der Waals surface area contributed by atoms with E-state index < -0.39 is 16.2 Å². The van der Waals surface area contributed by atoms with E-state index in [-0.39, 0.29) is 18.7 Å². The summed E-state index contributed by atoms with van der Waals surface area (Å²) in [5.74, 6) is 0.486. The average molecular weight is 389 g/mol. The highest BCUT2D eigenvalue weighted by molar-refractivity contribution is 7.85. The van der Waals surface area contributed by atoms with Gasteiger partial charge in [-0.15, -0.1) is 0 Å². The first-order valence-corrected chi connectivity index (χ1v) is 11.7. The van der Waals surface area contributed by atoms with Crippen molar-refractivity contribution in [2.45, 2.75) is 70.1 Å². The van der Waals surface area contributed by atoms with Crippen LogP contribution in [0.15, 0.2) is 0 Å².